The van der Waals surface area contributed by atoms with Crippen molar-refractivity contribution in [2.45, 2.75) is 45.7 Å². The van der Waals surface area contributed by atoms with Gasteiger partial charge < -0.3 is 4.57 Å². The van der Waals surface area contributed by atoms with Gasteiger partial charge in [0, 0.05) is 6.54 Å². The van der Waals surface area contributed by atoms with E-state index in [1.807, 2.05) is 0 Å². The third kappa shape index (κ3) is 3.08. The van der Waals surface area contributed by atoms with Crippen molar-refractivity contribution in [2.24, 2.45) is 0 Å². The maximum atomic E-state index is 8.90. The molecule has 0 aliphatic carbocycles. The van der Waals surface area contributed by atoms with Crippen LogP contribution in [0.3, 0.4) is 0 Å². The molecule has 1 aliphatic rings. The predicted molar refractivity (Wildman–Crippen MR) is 83.8 cm³/mol. The lowest BCUT2D eigenvalue weighted by Gasteiger charge is -2.26. The van der Waals surface area contributed by atoms with E-state index in [0.29, 0.717) is 6.42 Å². The van der Waals surface area contributed by atoms with Gasteiger partial charge >= 0.3 is 0 Å². The van der Waals surface area contributed by atoms with Crippen LogP contribution in [-0.4, -0.2) is 27.5 Å². The topological polar surface area (TPSA) is 44.9 Å². The number of nitrogens with zero attached hydrogens (tertiary/aromatic N) is 4. The minimum atomic E-state index is 0.534. The van der Waals surface area contributed by atoms with Gasteiger partial charge in [0.15, 0.2) is 0 Å². The number of piperidine rings is 1. The number of aryl methyl sites for hydroxylation is 2. The third-order valence-electron chi connectivity index (χ3n) is 4.24. The molecule has 110 valence electrons. The molecule has 0 radical (unpaired) electrons. The van der Waals surface area contributed by atoms with Gasteiger partial charge in [0.05, 0.1) is 30.1 Å². The maximum absolute atomic E-state index is 8.90. The Balaban J connectivity index is 1.92. The molecular weight excluding hydrogens is 260 g/mol. The minimum absolute atomic E-state index is 0.534. The largest absolute Gasteiger partial charge is 0.326 e. The fourth-order valence-corrected chi connectivity index (χ4v) is 3.14. The van der Waals surface area contributed by atoms with E-state index >= 15 is 0 Å². The van der Waals surface area contributed by atoms with Crippen LogP contribution < -0.4 is 0 Å². The van der Waals surface area contributed by atoms with Crippen molar-refractivity contribution in [1.82, 2.24) is 14.5 Å². The number of hydrogen-bond donors (Lipinski definition) is 0. The van der Waals surface area contributed by atoms with Crippen LogP contribution in [0.25, 0.3) is 11.0 Å². The van der Waals surface area contributed by atoms with Crippen LogP contribution in [-0.2, 0) is 13.1 Å². The molecule has 2 heterocycles. The number of rotatable bonds is 4. The Bertz CT molecular complexity index is 659. The summed E-state index contributed by atoms with van der Waals surface area (Å²) in [4.78, 5) is 7.32. The minimum Gasteiger partial charge on any atom is -0.326 e. The summed E-state index contributed by atoms with van der Waals surface area (Å²) in [6.45, 7) is 6.07. The highest BCUT2D eigenvalue weighted by molar-refractivity contribution is 5.76. The van der Waals surface area contributed by atoms with Crippen LogP contribution in [0.1, 0.15) is 37.1 Å². The first-order chi connectivity index (χ1) is 10.3. The van der Waals surface area contributed by atoms with E-state index in [4.69, 9.17) is 10.2 Å². The molecule has 4 heteroatoms. The summed E-state index contributed by atoms with van der Waals surface area (Å²) in [5, 5.41) is 8.90. The molecule has 1 aromatic heterocycles. The first-order valence-electron chi connectivity index (χ1n) is 7.83. The number of nitriles is 1. The summed E-state index contributed by atoms with van der Waals surface area (Å²) >= 11 is 0. The van der Waals surface area contributed by atoms with Gasteiger partial charge in [-0.3, -0.25) is 4.90 Å². The smallest absolute Gasteiger partial charge is 0.124 e. The zero-order chi connectivity index (χ0) is 14.7. The number of hydrogen-bond acceptors (Lipinski definition) is 3. The zero-order valence-corrected chi connectivity index (χ0v) is 12.7. The van der Waals surface area contributed by atoms with Crippen molar-refractivity contribution in [2.75, 3.05) is 13.1 Å². The van der Waals surface area contributed by atoms with Gasteiger partial charge in [-0.25, -0.2) is 4.98 Å². The molecule has 0 amide bonds. The van der Waals surface area contributed by atoms with Crippen LogP contribution >= 0.6 is 0 Å². The highest BCUT2D eigenvalue weighted by Gasteiger charge is 2.16. The van der Waals surface area contributed by atoms with Crippen molar-refractivity contribution in [3.05, 3.63) is 29.6 Å². The lowest BCUT2D eigenvalue weighted by molar-refractivity contribution is 0.213. The Morgan fingerprint density at radius 1 is 1.24 bits per heavy atom. The van der Waals surface area contributed by atoms with Crippen LogP contribution in [0.15, 0.2) is 18.2 Å². The molecule has 1 saturated heterocycles. The first kappa shape index (κ1) is 14.1. The molecule has 0 spiro atoms. The fraction of sp³-hybridized carbons (Fsp3) is 0.529. The summed E-state index contributed by atoms with van der Waals surface area (Å²) in [6.07, 6.45) is 4.46. The van der Waals surface area contributed by atoms with Crippen molar-refractivity contribution >= 4 is 11.0 Å². The van der Waals surface area contributed by atoms with Gasteiger partial charge in [-0.05, 0) is 50.6 Å². The van der Waals surface area contributed by atoms with Crippen molar-refractivity contribution in [1.29, 1.82) is 5.26 Å². The number of benzene rings is 1. The molecule has 3 rings (SSSR count). The molecule has 1 aliphatic heterocycles. The van der Waals surface area contributed by atoms with E-state index in [2.05, 4.69) is 40.7 Å². The number of likely N-dealkylation sites (tertiary alicyclic amines) is 1. The van der Waals surface area contributed by atoms with Crippen molar-refractivity contribution in [3.63, 3.8) is 0 Å². The Hall–Kier alpha value is -1.86. The van der Waals surface area contributed by atoms with Crippen molar-refractivity contribution < 1.29 is 0 Å². The van der Waals surface area contributed by atoms with E-state index in [1.54, 1.807) is 0 Å². The monoisotopic (exact) mass is 282 g/mol. The summed E-state index contributed by atoms with van der Waals surface area (Å²) in [5.41, 5.74) is 3.44. The molecule has 0 N–H and O–H groups in total. The molecule has 2 aromatic rings. The lowest BCUT2D eigenvalue weighted by Crippen LogP contribution is -2.30. The second kappa shape index (κ2) is 6.28. The normalized spacial score (nSPS) is 16.2. The SMILES string of the molecule is Cc1ccc2c(c1)nc(CN1CCCCC1)n2CCC#N. The van der Waals surface area contributed by atoms with E-state index in [-0.39, 0.29) is 0 Å². The molecule has 0 saturated carbocycles. The van der Waals surface area contributed by atoms with E-state index in [0.717, 1.165) is 29.9 Å². The van der Waals surface area contributed by atoms with Gasteiger partial charge in [-0.2, -0.15) is 5.26 Å². The molecule has 1 aromatic carbocycles. The average Bonchev–Trinajstić information content (AvgIpc) is 2.82. The molecular formula is C17H22N4. The van der Waals surface area contributed by atoms with E-state index < -0.39 is 0 Å². The Kier molecular flexibility index (Phi) is 4.21. The predicted octanol–water partition coefficient (Wildman–Crippen LogP) is 3.24. The second-order valence-electron chi connectivity index (χ2n) is 5.92. The fourth-order valence-electron chi connectivity index (χ4n) is 3.14. The molecule has 0 bridgehead atoms. The third-order valence-corrected chi connectivity index (χ3v) is 4.24. The molecule has 4 nitrogen and oxygen atoms in total. The number of imidazole rings is 1. The summed E-state index contributed by atoms with van der Waals surface area (Å²) < 4.78 is 2.23. The number of fused-ring (bicyclic) bond motifs is 1. The van der Waals surface area contributed by atoms with Crippen molar-refractivity contribution in [3.8, 4) is 6.07 Å². The van der Waals surface area contributed by atoms with Gasteiger partial charge in [-0.15, -0.1) is 0 Å². The van der Waals surface area contributed by atoms with E-state index in [9.17, 15) is 0 Å². The lowest BCUT2D eigenvalue weighted by atomic mass is 10.1. The average molecular weight is 282 g/mol. The van der Waals surface area contributed by atoms with Crippen LogP contribution in [0.2, 0.25) is 0 Å². The molecule has 0 atom stereocenters. The summed E-state index contributed by atoms with van der Waals surface area (Å²) in [6, 6.07) is 8.64. The highest BCUT2D eigenvalue weighted by Crippen LogP contribution is 2.20. The Morgan fingerprint density at radius 3 is 2.81 bits per heavy atom. The Labute approximate surface area is 126 Å². The second-order valence-corrected chi connectivity index (χ2v) is 5.92. The first-order valence-corrected chi connectivity index (χ1v) is 7.83. The van der Waals surface area contributed by atoms with Crippen LogP contribution in [0.4, 0.5) is 0 Å². The standard InChI is InChI=1S/C17H22N4/c1-14-6-7-16-15(12-14)19-17(21(16)11-5-8-18)13-20-9-3-2-4-10-20/h6-7,12H,2-5,9-11,13H2,1H3. The zero-order valence-electron chi connectivity index (χ0n) is 12.7. The van der Waals surface area contributed by atoms with Gasteiger partial charge in [0.2, 0.25) is 0 Å². The van der Waals surface area contributed by atoms with E-state index in [1.165, 1.54) is 37.9 Å². The molecule has 0 unspecified atom stereocenters. The Morgan fingerprint density at radius 2 is 2.05 bits per heavy atom. The van der Waals surface area contributed by atoms with Gasteiger partial charge in [0.25, 0.3) is 0 Å². The summed E-state index contributed by atoms with van der Waals surface area (Å²) in [7, 11) is 0. The number of aromatic nitrogens is 2. The quantitative estimate of drug-likeness (QED) is 0.864. The van der Waals surface area contributed by atoms with Gasteiger partial charge in [-0.1, -0.05) is 12.5 Å². The van der Waals surface area contributed by atoms with Crippen LogP contribution in [0, 0.1) is 18.3 Å². The maximum Gasteiger partial charge on any atom is 0.124 e. The van der Waals surface area contributed by atoms with Gasteiger partial charge in [0.1, 0.15) is 5.82 Å². The highest BCUT2D eigenvalue weighted by atomic mass is 15.2. The molecule has 1 fully saturated rings. The molecule has 21 heavy (non-hydrogen) atoms. The summed E-state index contributed by atoms with van der Waals surface area (Å²) in [5.74, 6) is 1.10. The van der Waals surface area contributed by atoms with Crippen LogP contribution in [0.5, 0.6) is 0 Å².